The second-order valence-corrected chi connectivity index (χ2v) is 16.7. The van der Waals surface area contributed by atoms with Crippen molar-refractivity contribution >= 4 is 64.3 Å². The lowest BCUT2D eigenvalue weighted by molar-refractivity contribution is -0.0605. The quantitative estimate of drug-likeness (QED) is 0.0619. The molecule has 2 aliphatic heterocycles. The van der Waals surface area contributed by atoms with Crippen molar-refractivity contribution in [3.8, 4) is 0 Å². The molecule has 2 saturated heterocycles. The topological polar surface area (TPSA) is 246 Å². The van der Waals surface area contributed by atoms with Crippen LogP contribution >= 0.6 is 6.72 Å². The number of imidazole rings is 2. The molecule has 9 atom stereocenters. The summed E-state index contributed by atoms with van der Waals surface area (Å²) in [6, 6.07) is 17.0. The summed E-state index contributed by atoms with van der Waals surface area (Å²) in [4.78, 5) is 54.7. The summed E-state index contributed by atoms with van der Waals surface area (Å²) >= 11 is 5.73. The Kier molecular flexibility index (Phi) is 12.9. The van der Waals surface area contributed by atoms with Gasteiger partial charge < -0.3 is 48.9 Å². The lowest BCUT2D eigenvalue weighted by Crippen LogP contribution is -2.36. The molecule has 322 valence electrons. The van der Waals surface area contributed by atoms with Gasteiger partial charge in [-0.15, -0.1) is 0 Å². The van der Waals surface area contributed by atoms with Crippen LogP contribution in [0.25, 0.3) is 27.2 Å². The van der Waals surface area contributed by atoms with Crippen LogP contribution in [-0.4, -0.2) is 131 Å². The van der Waals surface area contributed by atoms with E-state index in [1.165, 1.54) is 41.6 Å². The van der Waals surface area contributed by atoms with Crippen molar-refractivity contribution in [3.63, 3.8) is 0 Å². The largest absolute Gasteiger partial charge is 0.394 e. The average molecular weight is 890 g/mol. The molecule has 0 aliphatic carbocycles. The number of aliphatic hydroxyl groups excluding tert-OH is 2. The number of hydrogen-bond donors (Lipinski definition) is 4. The number of nitrogens with one attached hydrogen (secondary N) is 2. The molecule has 8 rings (SSSR count). The second kappa shape index (κ2) is 18.7. The zero-order valence-corrected chi connectivity index (χ0v) is 34.2. The zero-order valence-electron chi connectivity index (χ0n) is 32.4. The van der Waals surface area contributed by atoms with E-state index in [0.29, 0.717) is 11.1 Å². The standard InChI is InChI=1S/C38H37FN11O10PS/c1-40-13-14-56-61(62,60-29-23(15-51)58-37(25(29)39)49-19-45-26-31(41-17-43-33(26)49)47-35(53)21-9-5-3-6-10-21)57-16-24-28(52)30(55-2)38(59-24)50-20-46-27-32(42-18-44-34(27)50)48-36(54)22-11-7-4-8-12-22/h3-12,17-20,23-25,28-30,37-38,51-52H,13-16H2,2H3,(H,41,43,47,53)(H,42,44,48,54)/t23-,24-,25+,28?,29?,30+,37-,38-,61?/m1/s1. The van der Waals surface area contributed by atoms with E-state index in [4.69, 9.17) is 46.2 Å². The molecule has 0 spiro atoms. The number of nitrogens with zero attached hydrogens (tertiary/aromatic N) is 9. The van der Waals surface area contributed by atoms with E-state index >= 15 is 4.39 Å². The molecular weight excluding hydrogens is 853 g/mol. The Morgan fingerprint density at radius 3 is 1.92 bits per heavy atom. The number of amides is 2. The van der Waals surface area contributed by atoms with Gasteiger partial charge in [-0.25, -0.2) is 40.9 Å². The number of alkyl halides is 1. The summed E-state index contributed by atoms with van der Waals surface area (Å²) in [5.41, 5.74) is 1.53. The predicted molar refractivity (Wildman–Crippen MR) is 219 cm³/mol. The molecule has 0 radical (unpaired) electrons. The van der Waals surface area contributed by atoms with Gasteiger partial charge in [-0.1, -0.05) is 36.4 Å². The number of methoxy groups -OCH3 is 1. The molecule has 6 heterocycles. The van der Waals surface area contributed by atoms with Gasteiger partial charge in [-0.2, -0.15) is 0 Å². The van der Waals surface area contributed by atoms with Gasteiger partial charge in [0, 0.05) is 18.2 Å². The number of aromatic nitrogens is 8. The molecule has 6 aromatic rings. The van der Waals surface area contributed by atoms with Gasteiger partial charge in [0.05, 0.1) is 25.9 Å². The van der Waals surface area contributed by atoms with Crippen molar-refractivity contribution in [3.05, 3.63) is 109 Å². The molecule has 4 N–H and O–H groups in total. The molecule has 2 fully saturated rings. The molecule has 2 aromatic carbocycles. The smallest absolute Gasteiger partial charge is 0.328 e. The highest BCUT2D eigenvalue weighted by Crippen LogP contribution is 2.54. The minimum absolute atomic E-state index is 0.0699. The number of ether oxygens (including phenoxy) is 3. The molecule has 24 heteroatoms. The highest BCUT2D eigenvalue weighted by Gasteiger charge is 2.51. The molecule has 0 bridgehead atoms. The van der Waals surface area contributed by atoms with E-state index in [2.05, 4.69) is 45.4 Å². The van der Waals surface area contributed by atoms with Gasteiger partial charge in [-0.05, 0) is 36.1 Å². The van der Waals surface area contributed by atoms with E-state index in [9.17, 15) is 19.8 Å². The van der Waals surface area contributed by atoms with Crippen molar-refractivity contribution in [1.29, 1.82) is 0 Å². The second-order valence-electron chi connectivity index (χ2n) is 13.7. The first-order valence-corrected chi connectivity index (χ1v) is 21.4. The van der Waals surface area contributed by atoms with E-state index < -0.39 is 80.9 Å². The number of carbonyl (C=O) groups is 2. The van der Waals surface area contributed by atoms with Crippen LogP contribution in [0, 0.1) is 6.57 Å². The van der Waals surface area contributed by atoms with Crippen molar-refractivity contribution in [2.45, 2.75) is 49.1 Å². The van der Waals surface area contributed by atoms with E-state index in [-0.39, 0.29) is 47.1 Å². The SMILES string of the molecule is [C-]#[N+]CCOP(=S)(OC[C@H]1O[C@@H](n2cnc3c(NC(=O)c4ccccc4)ncnc32)[C@@H](OC)C1O)OC1[C@@H](CO)O[C@@H](n2cnc3c(NC(=O)c4ccccc4)ncnc32)[C@H]1F. The Balaban J connectivity index is 0.982. The van der Waals surface area contributed by atoms with Gasteiger partial charge in [-0.3, -0.25) is 23.2 Å². The molecule has 0 saturated carbocycles. The number of benzene rings is 2. The fourth-order valence-electron chi connectivity index (χ4n) is 6.93. The minimum atomic E-state index is -4.01. The van der Waals surface area contributed by atoms with Gasteiger partial charge in [0.25, 0.3) is 11.8 Å². The fraction of sp³-hybridized carbons (Fsp3) is 0.342. The molecule has 4 aromatic heterocycles. The van der Waals surface area contributed by atoms with Crippen LogP contribution in [0.5, 0.6) is 0 Å². The van der Waals surface area contributed by atoms with E-state index in [1.807, 2.05) is 0 Å². The highest BCUT2D eigenvalue weighted by atomic mass is 32.5. The van der Waals surface area contributed by atoms with Crippen LogP contribution in [0.4, 0.5) is 16.0 Å². The predicted octanol–water partition coefficient (Wildman–Crippen LogP) is 3.23. The van der Waals surface area contributed by atoms with Gasteiger partial charge in [0.1, 0.15) is 49.8 Å². The van der Waals surface area contributed by atoms with Crippen molar-refractivity contribution in [2.24, 2.45) is 0 Å². The molecule has 21 nitrogen and oxygen atoms in total. The molecule has 2 amide bonds. The average Bonchev–Trinajstić information content (AvgIpc) is 4.07. The monoisotopic (exact) mass is 889 g/mol. The van der Waals surface area contributed by atoms with Crippen LogP contribution < -0.4 is 10.6 Å². The molecule has 62 heavy (non-hydrogen) atoms. The van der Waals surface area contributed by atoms with Crippen molar-refractivity contribution < 1.29 is 52.0 Å². The summed E-state index contributed by atoms with van der Waals surface area (Å²) in [6.45, 7) is 1.66. The molecule has 2 aliphatic rings. The maximum absolute atomic E-state index is 16.6. The third kappa shape index (κ3) is 8.66. The Hall–Kier alpha value is -5.77. The first-order chi connectivity index (χ1) is 30.1. The lowest BCUT2D eigenvalue weighted by Gasteiger charge is -2.28. The first-order valence-electron chi connectivity index (χ1n) is 18.9. The minimum Gasteiger partial charge on any atom is -0.394 e. The van der Waals surface area contributed by atoms with Gasteiger partial charge in [0.15, 0.2) is 52.6 Å². The number of hydrogen-bond acceptors (Lipinski definition) is 17. The first kappa shape index (κ1) is 42.9. The number of anilines is 2. The number of fused-ring (bicyclic) bond motifs is 2. The van der Waals surface area contributed by atoms with Gasteiger partial charge in [0.2, 0.25) is 6.54 Å². The Morgan fingerprint density at radius 2 is 1.39 bits per heavy atom. The Bertz CT molecular complexity index is 2640. The van der Waals surface area contributed by atoms with Crippen LogP contribution in [-0.2, 0) is 39.6 Å². The summed E-state index contributed by atoms with van der Waals surface area (Å²) in [5.74, 6) is -0.654. The maximum Gasteiger partial charge on any atom is 0.328 e. The maximum atomic E-state index is 16.6. The number of aliphatic hydroxyl groups is 2. The third-order valence-corrected chi connectivity index (χ3v) is 12.3. The number of carbonyl (C=O) groups excluding carboxylic acids is 2. The van der Waals surface area contributed by atoms with E-state index in [1.54, 1.807) is 60.7 Å². The van der Waals surface area contributed by atoms with Crippen LogP contribution in [0.15, 0.2) is 86.0 Å². The molecule has 3 unspecified atom stereocenters. The number of halogens is 1. The Labute approximate surface area is 356 Å². The normalized spacial score (nSPS) is 24.5. The van der Waals surface area contributed by atoms with Crippen LogP contribution in [0.1, 0.15) is 33.2 Å². The fourth-order valence-corrected chi connectivity index (χ4v) is 9.02. The Morgan fingerprint density at radius 1 is 0.839 bits per heavy atom. The van der Waals surface area contributed by atoms with Crippen molar-refractivity contribution in [2.75, 3.05) is 44.1 Å². The summed E-state index contributed by atoms with van der Waals surface area (Å²) in [6.07, 6.45) is -5.76. The van der Waals surface area contributed by atoms with Crippen molar-refractivity contribution in [1.82, 2.24) is 39.0 Å². The van der Waals surface area contributed by atoms with Crippen LogP contribution in [0.2, 0.25) is 0 Å². The lowest BCUT2D eigenvalue weighted by atomic mass is 10.1. The zero-order chi connectivity index (χ0) is 43.4. The van der Waals surface area contributed by atoms with E-state index in [0.717, 1.165) is 0 Å². The highest BCUT2D eigenvalue weighted by molar-refractivity contribution is 8.07. The summed E-state index contributed by atoms with van der Waals surface area (Å²) < 4.78 is 55.1. The van der Waals surface area contributed by atoms with Crippen LogP contribution in [0.3, 0.4) is 0 Å². The number of rotatable bonds is 16. The molecular formula is C38H37FN11O10PS. The summed E-state index contributed by atoms with van der Waals surface area (Å²) in [7, 11) is 1.37. The van der Waals surface area contributed by atoms with Gasteiger partial charge >= 0.3 is 6.72 Å². The summed E-state index contributed by atoms with van der Waals surface area (Å²) in [5, 5.41) is 27.2. The third-order valence-electron chi connectivity index (χ3n) is 9.93.